The molecule has 1 N–H and O–H groups in total. The highest BCUT2D eigenvalue weighted by molar-refractivity contribution is 5.94. The van der Waals surface area contributed by atoms with Crippen molar-refractivity contribution in [3.8, 4) is 5.75 Å². The predicted molar refractivity (Wildman–Crippen MR) is 98.7 cm³/mol. The topological polar surface area (TPSA) is 38.3 Å². The molecule has 0 heterocycles. The van der Waals surface area contributed by atoms with Gasteiger partial charge in [-0.3, -0.25) is 4.79 Å². The predicted octanol–water partition coefficient (Wildman–Crippen LogP) is 4.53. The Bertz CT molecular complexity index is 749. The SMILES string of the molecule is C=CCc1cc(C(=O)N[C@H](C)c2ccc(C)c(C)c2)ccc1OC. The van der Waals surface area contributed by atoms with E-state index in [1.165, 1.54) is 11.1 Å². The van der Waals surface area contributed by atoms with Gasteiger partial charge in [0.25, 0.3) is 5.91 Å². The summed E-state index contributed by atoms with van der Waals surface area (Å²) in [4.78, 5) is 12.6. The van der Waals surface area contributed by atoms with Crippen LogP contribution >= 0.6 is 0 Å². The van der Waals surface area contributed by atoms with Gasteiger partial charge in [-0.05, 0) is 67.6 Å². The van der Waals surface area contributed by atoms with Gasteiger partial charge in [0.2, 0.25) is 0 Å². The average molecular weight is 323 g/mol. The molecule has 0 saturated carbocycles. The van der Waals surface area contributed by atoms with E-state index in [-0.39, 0.29) is 11.9 Å². The first-order valence-corrected chi connectivity index (χ1v) is 8.12. The van der Waals surface area contributed by atoms with Crippen LogP contribution in [0.1, 0.15) is 45.6 Å². The monoisotopic (exact) mass is 323 g/mol. The number of allylic oxidation sites excluding steroid dienone is 1. The molecule has 0 aliphatic carbocycles. The van der Waals surface area contributed by atoms with Gasteiger partial charge in [0.1, 0.15) is 5.75 Å². The summed E-state index contributed by atoms with van der Waals surface area (Å²) < 4.78 is 5.33. The molecule has 24 heavy (non-hydrogen) atoms. The third-order valence-electron chi connectivity index (χ3n) is 4.29. The molecule has 126 valence electrons. The van der Waals surface area contributed by atoms with Crippen molar-refractivity contribution in [1.82, 2.24) is 5.32 Å². The molecule has 2 aromatic carbocycles. The van der Waals surface area contributed by atoms with E-state index in [1.54, 1.807) is 19.3 Å². The van der Waals surface area contributed by atoms with Crippen LogP contribution in [0.15, 0.2) is 49.1 Å². The number of hydrogen-bond donors (Lipinski definition) is 1. The lowest BCUT2D eigenvalue weighted by Gasteiger charge is -2.16. The van der Waals surface area contributed by atoms with Crippen molar-refractivity contribution in [1.29, 1.82) is 0 Å². The average Bonchev–Trinajstić information content (AvgIpc) is 2.57. The molecule has 3 nitrogen and oxygen atoms in total. The van der Waals surface area contributed by atoms with Crippen LogP contribution in [0.3, 0.4) is 0 Å². The Morgan fingerprint density at radius 3 is 2.58 bits per heavy atom. The van der Waals surface area contributed by atoms with Gasteiger partial charge in [0, 0.05) is 5.56 Å². The third kappa shape index (κ3) is 4.05. The van der Waals surface area contributed by atoms with Crippen molar-refractivity contribution in [3.05, 3.63) is 76.9 Å². The van der Waals surface area contributed by atoms with E-state index in [1.807, 2.05) is 19.1 Å². The van der Waals surface area contributed by atoms with Crippen molar-refractivity contribution >= 4 is 5.91 Å². The molecule has 0 fully saturated rings. The first-order valence-electron chi connectivity index (χ1n) is 8.12. The van der Waals surface area contributed by atoms with Crippen LogP contribution < -0.4 is 10.1 Å². The molecule has 3 heteroatoms. The number of carbonyl (C=O) groups excluding carboxylic acids is 1. The molecule has 0 saturated heterocycles. The first-order chi connectivity index (χ1) is 11.5. The summed E-state index contributed by atoms with van der Waals surface area (Å²) in [6.45, 7) is 9.92. The summed E-state index contributed by atoms with van der Waals surface area (Å²) in [7, 11) is 1.63. The van der Waals surface area contributed by atoms with Gasteiger partial charge in [-0.25, -0.2) is 0 Å². The Balaban J connectivity index is 2.17. The Kier molecular flexibility index (Phi) is 5.80. The highest BCUT2D eigenvalue weighted by atomic mass is 16.5. The van der Waals surface area contributed by atoms with Crippen molar-refractivity contribution in [2.75, 3.05) is 7.11 Å². The van der Waals surface area contributed by atoms with Crippen molar-refractivity contribution in [2.24, 2.45) is 0 Å². The first kappa shape index (κ1) is 17.8. The minimum atomic E-state index is -0.0892. The van der Waals surface area contributed by atoms with E-state index < -0.39 is 0 Å². The highest BCUT2D eigenvalue weighted by Gasteiger charge is 2.14. The molecular weight excluding hydrogens is 298 g/mol. The zero-order chi connectivity index (χ0) is 17.7. The molecule has 0 radical (unpaired) electrons. The lowest BCUT2D eigenvalue weighted by molar-refractivity contribution is 0.0939. The number of benzene rings is 2. The summed E-state index contributed by atoms with van der Waals surface area (Å²) in [5.41, 5.74) is 5.17. The zero-order valence-corrected chi connectivity index (χ0v) is 14.8. The van der Waals surface area contributed by atoms with Crippen LogP contribution in [-0.4, -0.2) is 13.0 Å². The molecule has 2 aromatic rings. The van der Waals surface area contributed by atoms with E-state index in [9.17, 15) is 4.79 Å². The Labute approximate surface area is 144 Å². The van der Waals surface area contributed by atoms with Crippen molar-refractivity contribution < 1.29 is 9.53 Å². The van der Waals surface area contributed by atoms with E-state index in [0.717, 1.165) is 16.9 Å². The van der Waals surface area contributed by atoms with Gasteiger partial charge in [-0.1, -0.05) is 24.3 Å². The van der Waals surface area contributed by atoms with E-state index >= 15 is 0 Å². The van der Waals surface area contributed by atoms with Gasteiger partial charge < -0.3 is 10.1 Å². The summed E-state index contributed by atoms with van der Waals surface area (Å²) in [6.07, 6.45) is 2.47. The van der Waals surface area contributed by atoms with Crippen LogP contribution in [0.25, 0.3) is 0 Å². The molecule has 0 unspecified atom stereocenters. The fourth-order valence-electron chi connectivity index (χ4n) is 2.63. The standard InChI is InChI=1S/C21H25NO2/c1-6-7-18-13-19(10-11-20(18)24-5)21(23)22-16(4)17-9-8-14(2)15(3)12-17/h6,8-13,16H,1,7H2,2-5H3,(H,22,23)/t16-/m1/s1. The van der Waals surface area contributed by atoms with E-state index in [2.05, 4.69) is 43.9 Å². The summed E-state index contributed by atoms with van der Waals surface area (Å²) in [5, 5.41) is 3.06. The highest BCUT2D eigenvalue weighted by Crippen LogP contribution is 2.22. The maximum atomic E-state index is 12.6. The van der Waals surface area contributed by atoms with Crippen LogP contribution in [-0.2, 0) is 6.42 Å². The van der Waals surface area contributed by atoms with Crippen LogP contribution in [0, 0.1) is 13.8 Å². The van der Waals surface area contributed by atoms with Crippen molar-refractivity contribution in [2.45, 2.75) is 33.2 Å². The Morgan fingerprint density at radius 1 is 1.21 bits per heavy atom. The normalized spacial score (nSPS) is 11.7. The quantitative estimate of drug-likeness (QED) is 0.793. The molecular formula is C21H25NO2. The Morgan fingerprint density at radius 2 is 1.96 bits per heavy atom. The zero-order valence-electron chi connectivity index (χ0n) is 14.8. The second kappa shape index (κ2) is 7.82. The minimum Gasteiger partial charge on any atom is -0.496 e. The largest absolute Gasteiger partial charge is 0.496 e. The number of rotatable bonds is 6. The van der Waals surface area contributed by atoms with Gasteiger partial charge >= 0.3 is 0 Å². The van der Waals surface area contributed by atoms with Gasteiger partial charge in [-0.2, -0.15) is 0 Å². The maximum absolute atomic E-state index is 12.6. The Hall–Kier alpha value is -2.55. The summed E-state index contributed by atoms with van der Waals surface area (Å²) in [5.74, 6) is 0.683. The number of methoxy groups -OCH3 is 1. The molecule has 0 aliphatic heterocycles. The molecule has 1 amide bonds. The van der Waals surface area contributed by atoms with E-state index in [4.69, 9.17) is 4.74 Å². The number of carbonyl (C=O) groups is 1. The molecule has 1 atom stereocenters. The molecule has 0 aliphatic rings. The van der Waals surface area contributed by atoms with Gasteiger partial charge in [0.15, 0.2) is 0 Å². The van der Waals surface area contributed by atoms with Crippen LogP contribution in [0.4, 0.5) is 0 Å². The van der Waals surface area contributed by atoms with E-state index in [0.29, 0.717) is 12.0 Å². The number of ether oxygens (including phenoxy) is 1. The molecule has 0 bridgehead atoms. The number of aryl methyl sites for hydroxylation is 2. The fraction of sp³-hybridized carbons (Fsp3) is 0.286. The summed E-state index contributed by atoms with van der Waals surface area (Å²) >= 11 is 0. The van der Waals surface area contributed by atoms with Crippen LogP contribution in [0.2, 0.25) is 0 Å². The molecule has 2 rings (SSSR count). The lowest BCUT2D eigenvalue weighted by Crippen LogP contribution is -2.26. The smallest absolute Gasteiger partial charge is 0.251 e. The fourth-order valence-corrected chi connectivity index (χ4v) is 2.63. The van der Waals surface area contributed by atoms with Crippen LogP contribution in [0.5, 0.6) is 5.75 Å². The van der Waals surface area contributed by atoms with Gasteiger partial charge in [0.05, 0.1) is 13.2 Å². The number of amides is 1. The van der Waals surface area contributed by atoms with Gasteiger partial charge in [-0.15, -0.1) is 6.58 Å². The molecule has 0 aromatic heterocycles. The third-order valence-corrected chi connectivity index (χ3v) is 4.29. The number of nitrogens with one attached hydrogen (secondary N) is 1. The maximum Gasteiger partial charge on any atom is 0.251 e. The van der Waals surface area contributed by atoms with Crippen molar-refractivity contribution in [3.63, 3.8) is 0 Å². The lowest BCUT2D eigenvalue weighted by atomic mass is 10.0. The second-order valence-electron chi connectivity index (χ2n) is 6.06. The summed E-state index contributed by atoms with van der Waals surface area (Å²) in [6, 6.07) is 11.7. The minimum absolute atomic E-state index is 0.0539. The molecule has 0 spiro atoms. The number of hydrogen-bond acceptors (Lipinski definition) is 2. The second-order valence-corrected chi connectivity index (χ2v) is 6.06.